The fraction of sp³-hybridized carbons (Fsp3) is 0.111. The first kappa shape index (κ1) is 12.7. The molecular formula is C18H17NO. The lowest BCUT2D eigenvalue weighted by Crippen LogP contribution is -2.06. The minimum absolute atomic E-state index is 0.0494. The zero-order valence-electron chi connectivity index (χ0n) is 11.4. The van der Waals surface area contributed by atoms with E-state index in [-0.39, 0.29) is 6.04 Å². The molecule has 3 aromatic rings. The normalized spacial score (nSPS) is 12.3. The molecule has 0 unspecified atom stereocenters. The Kier molecular flexibility index (Phi) is 3.40. The van der Waals surface area contributed by atoms with Crippen molar-refractivity contribution in [3.05, 3.63) is 72.3 Å². The molecule has 0 aliphatic carbocycles. The van der Waals surface area contributed by atoms with Crippen LogP contribution in [0.3, 0.4) is 0 Å². The standard InChI is InChI=1S/C18H17NO/c1-13(19)17-8-4-5-9-18(17)20-16-11-10-14-6-2-3-7-15(14)12-16/h2-13H,19H2,1H3/t13-/m1/s1. The van der Waals surface area contributed by atoms with Crippen LogP contribution in [0.15, 0.2) is 66.7 Å². The number of para-hydroxylation sites is 1. The molecule has 3 aromatic carbocycles. The topological polar surface area (TPSA) is 35.2 Å². The molecule has 3 rings (SSSR count). The van der Waals surface area contributed by atoms with E-state index in [9.17, 15) is 0 Å². The van der Waals surface area contributed by atoms with Gasteiger partial charge in [0.15, 0.2) is 0 Å². The quantitative estimate of drug-likeness (QED) is 0.746. The van der Waals surface area contributed by atoms with Crippen LogP contribution in [0, 0.1) is 0 Å². The molecule has 0 saturated carbocycles. The van der Waals surface area contributed by atoms with E-state index in [1.54, 1.807) is 0 Å². The summed E-state index contributed by atoms with van der Waals surface area (Å²) in [6.07, 6.45) is 0. The molecule has 100 valence electrons. The number of fused-ring (bicyclic) bond motifs is 1. The Morgan fingerprint density at radius 1 is 0.850 bits per heavy atom. The van der Waals surface area contributed by atoms with E-state index in [4.69, 9.17) is 10.5 Å². The molecule has 0 amide bonds. The number of rotatable bonds is 3. The van der Waals surface area contributed by atoms with Crippen molar-refractivity contribution in [2.75, 3.05) is 0 Å². The van der Waals surface area contributed by atoms with Crippen LogP contribution in [-0.4, -0.2) is 0 Å². The van der Waals surface area contributed by atoms with E-state index >= 15 is 0 Å². The molecule has 0 aromatic heterocycles. The summed E-state index contributed by atoms with van der Waals surface area (Å²) in [7, 11) is 0. The van der Waals surface area contributed by atoms with Crippen LogP contribution in [0.2, 0.25) is 0 Å². The van der Waals surface area contributed by atoms with Gasteiger partial charge in [-0.2, -0.15) is 0 Å². The van der Waals surface area contributed by atoms with Crippen molar-refractivity contribution in [2.45, 2.75) is 13.0 Å². The molecule has 2 heteroatoms. The molecule has 0 fully saturated rings. The number of hydrogen-bond donors (Lipinski definition) is 1. The molecule has 0 spiro atoms. The zero-order valence-corrected chi connectivity index (χ0v) is 11.4. The third kappa shape index (κ3) is 2.51. The summed E-state index contributed by atoms with van der Waals surface area (Å²) in [5.74, 6) is 1.65. The second kappa shape index (κ2) is 5.35. The van der Waals surface area contributed by atoms with Gasteiger partial charge in [0.2, 0.25) is 0 Å². The Labute approximate surface area is 118 Å². The van der Waals surface area contributed by atoms with Gasteiger partial charge < -0.3 is 10.5 Å². The monoisotopic (exact) mass is 263 g/mol. The van der Waals surface area contributed by atoms with E-state index in [1.807, 2.05) is 55.5 Å². The molecule has 0 bridgehead atoms. The Hall–Kier alpha value is -2.32. The Bertz CT molecular complexity index is 734. The van der Waals surface area contributed by atoms with Crippen LogP contribution < -0.4 is 10.5 Å². The molecular weight excluding hydrogens is 246 g/mol. The molecule has 0 saturated heterocycles. The van der Waals surface area contributed by atoms with Gasteiger partial charge in [-0.25, -0.2) is 0 Å². The molecule has 0 radical (unpaired) electrons. The van der Waals surface area contributed by atoms with E-state index in [0.717, 1.165) is 17.1 Å². The Balaban J connectivity index is 1.97. The molecule has 20 heavy (non-hydrogen) atoms. The largest absolute Gasteiger partial charge is 0.457 e. The van der Waals surface area contributed by atoms with Gasteiger partial charge in [0.05, 0.1) is 0 Å². The van der Waals surface area contributed by atoms with Gasteiger partial charge in [0, 0.05) is 11.6 Å². The van der Waals surface area contributed by atoms with E-state index in [0.29, 0.717) is 0 Å². The smallest absolute Gasteiger partial charge is 0.132 e. The van der Waals surface area contributed by atoms with Crippen molar-refractivity contribution >= 4 is 10.8 Å². The lowest BCUT2D eigenvalue weighted by atomic mass is 10.1. The van der Waals surface area contributed by atoms with Gasteiger partial charge in [-0.1, -0.05) is 48.5 Å². The molecule has 0 aliphatic rings. The van der Waals surface area contributed by atoms with Crippen LogP contribution >= 0.6 is 0 Å². The fourth-order valence-electron chi connectivity index (χ4n) is 2.31. The van der Waals surface area contributed by atoms with Gasteiger partial charge in [0.1, 0.15) is 11.5 Å². The Morgan fingerprint density at radius 3 is 2.35 bits per heavy atom. The highest BCUT2D eigenvalue weighted by Gasteiger charge is 2.08. The lowest BCUT2D eigenvalue weighted by Gasteiger charge is -2.13. The average Bonchev–Trinajstić information content (AvgIpc) is 2.47. The second-order valence-corrected chi connectivity index (χ2v) is 4.94. The molecule has 2 N–H and O–H groups in total. The molecule has 2 nitrogen and oxygen atoms in total. The van der Waals surface area contributed by atoms with Gasteiger partial charge in [0.25, 0.3) is 0 Å². The third-order valence-electron chi connectivity index (χ3n) is 3.36. The van der Waals surface area contributed by atoms with Gasteiger partial charge >= 0.3 is 0 Å². The summed E-state index contributed by atoms with van der Waals surface area (Å²) < 4.78 is 6.00. The van der Waals surface area contributed by atoms with Crippen molar-refractivity contribution in [3.8, 4) is 11.5 Å². The summed E-state index contributed by atoms with van der Waals surface area (Å²) in [6.45, 7) is 1.96. The van der Waals surface area contributed by atoms with Crippen LogP contribution in [0.1, 0.15) is 18.5 Å². The van der Waals surface area contributed by atoms with Crippen LogP contribution in [0.25, 0.3) is 10.8 Å². The number of ether oxygens (including phenoxy) is 1. The maximum atomic E-state index is 6.00. The summed E-state index contributed by atoms with van der Waals surface area (Å²) in [5, 5.41) is 2.38. The number of benzene rings is 3. The van der Waals surface area contributed by atoms with Crippen molar-refractivity contribution in [1.29, 1.82) is 0 Å². The highest BCUT2D eigenvalue weighted by molar-refractivity contribution is 5.83. The predicted octanol–water partition coefficient (Wildman–Crippen LogP) is 4.65. The van der Waals surface area contributed by atoms with Gasteiger partial charge in [-0.05, 0) is 35.9 Å². The summed E-state index contributed by atoms with van der Waals surface area (Å²) >= 11 is 0. The first-order valence-corrected chi connectivity index (χ1v) is 6.75. The summed E-state index contributed by atoms with van der Waals surface area (Å²) in [5.41, 5.74) is 6.99. The zero-order chi connectivity index (χ0) is 13.9. The maximum Gasteiger partial charge on any atom is 0.132 e. The third-order valence-corrected chi connectivity index (χ3v) is 3.36. The number of hydrogen-bond acceptors (Lipinski definition) is 2. The molecule has 0 aliphatic heterocycles. The van der Waals surface area contributed by atoms with Crippen molar-refractivity contribution in [1.82, 2.24) is 0 Å². The minimum atomic E-state index is -0.0494. The van der Waals surface area contributed by atoms with E-state index in [1.165, 1.54) is 10.8 Å². The van der Waals surface area contributed by atoms with Crippen molar-refractivity contribution < 1.29 is 4.74 Å². The van der Waals surface area contributed by atoms with Gasteiger partial charge in [-0.15, -0.1) is 0 Å². The minimum Gasteiger partial charge on any atom is -0.457 e. The average molecular weight is 263 g/mol. The first-order valence-electron chi connectivity index (χ1n) is 6.75. The van der Waals surface area contributed by atoms with Crippen LogP contribution in [0.4, 0.5) is 0 Å². The van der Waals surface area contributed by atoms with E-state index < -0.39 is 0 Å². The highest BCUT2D eigenvalue weighted by atomic mass is 16.5. The molecule has 1 atom stereocenters. The summed E-state index contributed by atoms with van der Waals surface area (Å²) in [4.78, 5) is 0. The van der Waals surface area contributed by atoms with Crippen LogP contribution in [0.5, 0.6) is 11.5 Å². The Morgan fingerprint density at radius 2 is 1.55 bits per heavy atom. The summed E-state index contributed by atoms with van der Waals surface area (Å²) in [6, 6.07) is 22.2. The van der Waals surface area contributed by atoms with Gasteiger partial charge in [-0.3, -0.25) is 0 Å². The van der Waals surface area contributed by atoms with Crippen molar-refractivity contribution in [2.24, 2.45) is 5.73 Å². The number of nitrogens with two attached hydrogens (primary N) is 1. The highest BCUT2D eigenvalue weighted by Crippen LogP contribution is 2.30. The lowest BCUT2D eigenvalue weighted by molar-refractivity contribution is 0.473. The van der Waals surface area contributed by atoms with E-state index in [2.05, 4.69) is 18.2 Å². The second-order valence-electron chi connectivity index (χ2n) is 4.94. The maximum absolute atomic E-state index is 6.00. The predicted molar refractivity (Wildman–Crippen MR) is 83.1 cm³/mol. The first-order chi connectivity index (χ1) is 9.74. The van der Waals surface area contributed by atoms with Crippen LogP contribution in [-0.2, 0) is 0 Å². The SMILES string of the molecule is C[C@@H](N)c1ccccc1Oc1ccc2ccccc2c1. The fourth-order valence-corrected chi connectivity index (χ4v) is 2.31. The molecule has 0 heterocycles. The van der Waals surface area contributed by atoms with Crippen molar-refractivity contribution in [3.63, 3.8) is 0 Å².